The van der Waals surface area contributed by atoms with Crippen LogP contribution in [-0.4, -0.2) is 6.04 Å². The van der Waals surface area contributed by atoms with Gasteiger partial charge in [0.25, 0.3) is 0 Å². The molecule has 0 bridgehead atoms. The van der Waals surface area contributed by atoms with Crippen molar-refractivity contribution in [3.8, 4) is 11.1 Å². The van der Waals surface area contributed by atoms with Crippen LogP contribution in [0.1, 0.15) is 23.1 Å². The lowest BCUT2D eigenvalue weighted by atomic mass is 9.99. The minimum Gasteiger partial charge on any atom is -0.334 e. The first-order valence-corrected chi connectivity index (χ1v) is 18.6. The van der Waals surface area contributed by atoms with Gasteiger partial charge in [0.2, 0.25) is 0 Å². The molecular weight excluding hydrogens is 653 g/mol. The van der Waals surface area contributed by atoms with Crippen LogP contribution in [0.15, 0.2) is 224 Å². The summed E-state index contributed by atoms with van der Waals surface area (Å²) in [6, 6.07) is 68.9. The molecule has 1 atom stereocenters. The van der Waals surface area contributed by atoms with Crippen molar-refractivity contribution in [3.05, 3.63) is 241 Å². The highest BCUT2D eigenvalue weighted by molar-refractivity contribution is 5.78. The van der Waals surface area contributed by atoms with E-state index in [-0.39, 0.29) is 6.04 Å². The second-order valence-electron chi connectivity index (χ2n) is 13.4. The Bertz CT molecular complexity index is 2280. The average Bonchev–Trinajstić information content (AvgIpc) is 3.25. The predicted octanol–water partition coefficient (Wildman–Crippen LogP) is 14.1. The number of para-hydroxylation sites is 4. The molecule has 1 aliphatic rings. The summed E-state index contributed by atoms with van der Waals surface area (Å²) in [7, 11) is 0. The quantitative estimate of drug-likeness (QED) is 0.124. The van der Waals surface area contributed by atoms with Crippen LogP contribution in [0.5, 0.6) is 0 Å². The lowest BCUT2D eigenvalue weighted by Gasteiger charge is -2.33. The topological polar surface area (TPSA) is 6.48 Å². The Morgan fingerprint density at radius 3 is 1.15 bits per heavy atom. The Kier molecular flexibility index (Phi) is 10.5. The molecule has 0 heterocycles. The maximum atomic E-state index is 2.42. The maximum absolute atomic E-state index is 2.42. The Hall–Kier alpha value is -6.90. The molecule has 0 amide bonds. The van der Waals surface area contributed by atoms with E-state index >= 15 is 0 Å². The van der Waals surface area contributed by atoms with Crippen molar-refractivity contribution in [2.45, 2.75) is 12.5 Å². The fourth-order valence-corrected chi connectivity index (χ4v) is 6.94. The molecule has 0 fully saturated rings. The van der Waals surface area contributed by atoms with E-state index in [2.05, 4.69) is 246 Å². The van der Waals surface area contributed by atoms with Crippen molar-refractivity contribution >= 4 is 46.7 Å². The van der Waals surface area contributed by atoms with Crippen LogP contribution in [0.2, 0.25) is 0 Å². The zero-order valence-electron chi connectivity index (χ0n) is 30.2. The largest absolute Gasteiger partial charge is 0.334 e. The Labute approximate surface area is 319 Å². The SMILES string of the molecule is C1=CC(N(c2ccccc2)c2ccccc2)CC=C1/C=C/c1ccc(-c2ccc(/C=C/c3ccc(N(c4ccccc4)c4ccccc4)cc3)cc2)cc1. The van der Waals surface area contributed by atoms with E-state index in [0.717, 1.165) is 29.0 Å². The first-order chi connectivity index (χ1) is 26.8. The highest BCUT2D eigenvalue weighted by Crippen LogP contribution is 2.35. The normalized spacial score (nSPS) is 13.9. The number of allylic oxidation sites excluding steroid dienone is 3. The molecule has 7 aromatic carbocycles. The first kappa shape index (κ1) is 34.2. The van der Waals surface area contributed by atoms with Gasteiger partial charge in [0, 0.05) is 28.4 Å². The van der Waals surface area contributed by atoms with Crippen molar-refractivity contribution in [1.82, 2.24) is 0 Å². The molecule has 7 aromatic rings. The third-order valence-electron chi connectivity index (χ3n) is 9.78. The number of hydrogen-bond acceptors (Lipinski definition) is 2. The minimum atomic E-state index is 0.261. The molecule has 54 heavy (non-hydrogen) atoms. The molecule has 8 rings (SSSR count). The van der Waals surface area contributed by atoms with Gasteiger partial charge in [-0.2, -0.15) is 0 Å². The Morgan fingerprint density at radius 1 is 0.370 bits per heavy atom. The minimum absolute atomic E-state index is 0.261. The Morgan fingerprint density at radius 2 is 0.741 bits per heavy atom. The van der Waals surface area contributed by atoms with E-state index in [0.29, 0.717) is 0 Å². The van der Waals surface area contributed by atoms with Crippen molar-refractivity contribution in [2.24, 2.45) is 0 Å². The summed E-state index contributed by atoms with van der Waals surface area (Å²) in [5.74, 6) is 0. The van der Waals surface area contributed by atoms with E-state index in [9.17, 15) is 0 Å². The average molecular weight is 695 g/mol. The smallest absolute Gasteiger partial charge is 0.0560 e. The number of nitrogens with zero attached hydrogens (tertiary/aromatic N) is 2. The zero-order valence-corrected chi connectivity index (χ0v) is 30.2. The summed E-state index contributed by atoms with van der Waals surface area (Å²) in [5, 5.41) is 0. The second kappa shape index (κ2) is 16.6. The molecule has 1 aliphatic carbocycles. The third kappa shape index (κ3) is 8.25. The predicted molar refractivity (Wildman–Crippen MR) is 232 cm³/mol. The third-order valence-corrected chi connectivity index (χ3v) is 9.78. The molecule has 2 heteroatoms. The van der Waals surface area contributed by atoms with Crippen LogP contribution in [-0.2, 0) is 0 Å². The summed E-state index contributed by atoms with van der Waals surface area (Å²) < 4.78 is 0. The van der Waals surface area contributed by atoms with Crippen LogP contribution < -0.4 is 9.80 Å². The molecule has 0 saturated carbocycles. The lowest BCUT2D eigenvalue weighted by molar-refractivity contribution is 0.782. The van der Waals surface area contributed by atoms with Crippen LogP contribution in [0.3, 0.4) is 0 Å². The molecular formula is C52H42N2. The summed E-state index contributed by atoms with van der Waals surface area (Å²) in [6.45, 7) is 0. The van der Waals surface area contributed by atoms with Crippen LogP contribution in [0, 0.1) is 0 Å². The standard InChI is InChI=1S/C52H42N2/c1-5-13-47(14-6-1)53(48-15-7-2-8-16-48)51-37-29-43(30-38-51)23-21-41-25-33-45(34-26-41)46-35-27-42(28-36-46)22-24-44-31-39-52(40-32-44)54(49-17-9-3-10-18-49)50-19-11-4-12-20-50/h1-39,52H,40H2/b23-21+,24-22+. The van der Waals surface area contributed by atoms with Crippen LogP contribution in [0.4, 0.5) is 28.4 Å². The highest BCUT2D eigenvalue weighted by Gasteiger charge is 2.19. The number of benzene rings is 7. The summed E-state index contributed by atoms with van der Waals surface area (Å²) >= 11 is 0. The summed E-state index contributed by atoms with van der Waals surface area (Å²) in [5.41, 5.74) is 13.0. The van der Waals surface area contributed by atoms with Gasteiger partial charge in [-0.1, -0.05) is 176 Å². The highest BCUT2D eigenvalue weighted by atomic mass is 15.2. The molecule has 0 spiro atoms. The molecule has 0 radical (unpaired) electrons. The van der Waals surface area contributed by atoms with E-state index in [4.69, 9.17) is 0 Å². The number of anilines is 5. The maximum Gasteiger partial charge on any atom is 0.0560 e. The Balaban J connectivity index is 0.884. The van der Waals surface area contributed by atoms with Gasteiger partial charge in [-0.15, -0.1) is 0 Å². The van der Waals surface area contributed by atoms with Crippen molar-refractivity contribution in [1.29, 1.82) is 0 Å². The van der Waals surface area contributed by atoms with Gasteiger partial charge in [0.15, 0.2) is 0 Å². The fourth-order valence-electron chi connectivity index (χ4n) is 6.94. The van der Waals surface area contributed by atoms with E-state index in [1.54, 1.807) is 0 Å². The van der Waals surface area contributed by atoms with Gasteiger partial charge < -0.3 is 9.80 Å². The fraction of sp³-hybridized carbons (Fsp3) is 0.0385. The van der Waals surface area contributed by atoms with Crippen LogP contribution >= 0.6 is 0 Å². The molecule has 1 unspecified atom stereocenters. The zero-order chi connectivity index (χ0) is 36.4. The monoisotopic (exact) mass is 694 g/mol. The van der Waals surface area contributed by atoms with Gasteiger partial charge in [0.05, 0.1) is 6.04 Å². The number of rotatable bonds is 11. The van der Waals surface area contributed by atoms with Crippen molar-refractivity contribution in [3.63, 3.8) is 0 Å². The first-order valence-electron chi connectivity index (χ1n) is 18.6. The molecule has 0 aliphatic heterocycles. The molecule has 260 valence electrons. The molecule has 0 aromatic heterocycles. The molecule has 0 N–H and O–H groups in total. The van der Waals surface area contributed by atoms with Gasteiger partial charge in [0.1, 0.15) is 0 Å². The second-order valence-corrected chi connectivity index (χ2v) is 13.4. The number of hydrogen-bond donors (Lipinski definition) is 0. The van der Waals surface area contributed by atoms with E-state index in [1.165, 1.54) is 39.2 Å². The van der Waals surface area contributed by atoms with Crippen molar-refractivity contribution < 1.29 is 0 Å². The summed E-state index contributed by atoms with van der Waals surface area (Å²) in [6.07, 6.45) is 16.6. The van der Waals surface area contributed by atoms with Gasteiger partial charge in [-0.05, 0) is 100 Å². The molecule has 0 saturated heterocycles. The van der Waals surface area contributed by atoms with Gasteiger partial charge in [-0.25, -0.2) is 0 Å². The van der Waals surface area contributed by atoms with E-state index in [1.807, 2.05) is 0 Å². The molecule has 2 nitrogen and oxygen atoms in total. The van der Waals surface area contributed by atoms with Gasteiger partial charge in [-0.3, -0.25) is 0 Å². The lowest BCUT2D eigenvalue weighted by Crippen LogP contribution is -2.30. The van der Waals surface area contributed by atoms with E-state index < -0.39 is 0 Å². The van der Waals surface area contributed by atoms with Crippen LogP contribution in [0.25, 0.3) is 29.4 Å². The summed E-state index contributed by atoms with van der Waals surface area (Å²) in [4.78, 5) is 4.70. The van der Waals surface area contributed by atoms with Crippen molar-refractivity contribution in [2.75, 3.05) is 9.80 Å². The van der Waals surface area contributed by atoms with Gasteiger partial charge >= 0.3 is 0 Å².